The summed E-state index contributed by atoms with van der Waals surface area (Å²) in [5.41, 5.74) is 0. The van der Waals surface area contributed by atoms with E-state index in [1.54, 1.807) is 0 Å². The molecule has 0 saturated carbocycles. The highest BCUT2D eigenvalue weighted by atomic mass is 16.5. The van der Waals surface area contributed by atoms with E-state index in [0.29, 0.717) is 6.04 Å². The molecule has 0 aromatic heterocycles. The summed E-state index contributed by atoms with van der Waals surface area (Å²) in [7, 11) is 0. The molecule has 1 aliphatic heterocycles. The van der Waals surface area contributed by atoms with E-state index in [-0.39, 0.29) is 18.9 Å². The van der Waals surface area contributed by atoms with E-state index in [0.717, 1.165) is 19.1 Å². The van der Waals surface area contributed by atoms with Gasteiger partial charge in [-0.2, -0.15) is 0 Å². The van der Waals surface area contributed by atoms with E-state index in [2.05, 4.69) is 26.1 Å². The Kier molecular flexibility index (Phi) is 6.64. The van der Waals surface area contributed by atoms with E-state index in [4.69, 9.17) is 4.65 Å². The van der Waals surface area contributed by atoms with Gasteiger partial charge in [0.2, 0.25) is 0 Å². The molecule has 0 aliphatic carbocycles. The van der Waals surface area contributed by atoms with Gasteiger partial charge in [0.25, 0.3) is 0 Å². The van der Waals surface area contributed by atoms with Crippen LogP contribution >= 0.6 is 0 Å². The fraction of sp³-hybridized carbons (Fsp3) is 0.923. The Morgan fingerprint density at radius 2 is 1.88 bits per heavy atom. The third-order valence-electron chi connectivity index (χ3n) is 3.50. The lowest BCUT2D eigenvalue weighted by Crippen LogP contribution is -2.25. The van der Waals surface area contributed by atoms with Crippen molar-refractivity contribution in [3.63, 3.8) is 0 Å². The molecule has 98 valence electrons. The number of nitrogens with one attached hydrogen (secondary N) is 1. The van der Waals surface area contributed by atoms with Crippen LogP contribution in [0.1, 0.15) is 52.9 Å². The van der Waals surface area contributed by atoms with E-state index in [1.807, 2.05) is 0 Å². The molecule has 1 rings (SSSR count). The van der Waals surface area contributed by atoms with Gasteiger partial charge in [-0.05, 0) is 19.1 Å². The number of carbonyl (C=O) groups excluding carboxylic acids is 1. The highest BCUT2D eigenvalue weighted by Crippen LogP contribution is 2.20. The highest BCUT2D eigenvalue weighted by molar-refractivity contribution is 6.53. The summed E-state index contributed by atoms with van der Waals surface area (Å²) in [6.45, 7) is 6.43. The molecule has 1 saturated heterocycles. The van der Waals surface area contributed by atoms with Crippen LogP contribution in [-0.2, 0) is 9.45 Å². The Balaban J connectivity index is 2.11. The van der Waals surface area contributed by atoms with Crippen molar-refractivity contribution >= 4 is 12.9 Å². The molecule has 2 atom stereocenters. The summed E-state index contributed by atoms with van der Waals surface area (Å²) >= 11 is 0. The molecule has 17 heavy (non-hydrogen) atoms. The Morgan fingerprint density at radius 1 is 1.18 bits per heavy atom. The summed E-state index contributed by atoms with van der Waals surface area (Å²) in [6, 6.07) is 0.367. The predicted molar refractivity (Wildman–Crippen MR) is 72.3 cm³/mol. The summed E-state index contributed by atoms with van der Waals surface area (Å²) in [5, 5.41) is 3.22. The zero-order chi connectivity index (χ0) is 12.7. The molecule has 3 nitrogen and oxygen atoms in total. The van der Waals surface area contributed by atoms with Crippen molar-refractivity contribution in [1.82, 2.24) is 5.32 Å². The minimum absolute atomic E-state index is 0.0165. The van der Waals surface area contributed by atoms with Gasteiger partial charge < -0.3 is 4.65 Å². The second-order valence-corrected chi connectivity index (χ2v) is 4.98. The molecule has 1 aliphatic rings. The van der Waals surface area contributed by atoms with Crippen molar-refractivity contribution in [2.45, 2.75) is 77.6 Å². The van der Waals surface area contributed by atoms with E-state index in [9.17, 15) is 4.79 Å². The van der Waals surface area contributed by atoms with E-state index < -0.39 is 0 Å². The van der Waals surface area contributed by atoms with Crippen molar-refractivity contribution in [2.75, 3.05) is 0 Å². The maximum absolute atomic E-state index is 11.7. The van der Waals surface area contributed by atoms with Crippen LogP contribution in [0.2, 0.25) is 12.6 Å². The van der Waals surface area contributed by atoms with Crippen LogP contribution in [0.3, 0.4) is 0 Å². The molecule has 4 heteroatoms. The van der Waals surface area contributed by atoms with Gasteiger partial charge in [-0.15, -0.1) is 0 Å². The fourth-order valence-electron chi connectivity index (χ4n) is 2.14. The van der Waals surface area contributed by atoms with Gasteiger partial charge in [-0.3, -0.25) is 10.1 Å². The summed E-state index contributed by atoms with van der Waals surface area (Å²) in [5.74, 6) is -0.0424. The van der Waals surface area contributed by atoms with Crippen LogP contribution in [0.15, 0.2) is 0 Å². The highest BCUT2D eigenvalue weighted by Gasteiger charge is 2.43. The van der Waals surface area contributed by atoms with Gasteiger partial charge >= 0.3 is 12.9 Å². The average molecular weight is 239 g/mol. The topological polar surface area (TPSA) is 48.2 Å². The minimum atomic E-state index is -0.0424. The van der Waals surface area contributed by atoms with E-state index in [1.165, 1.54) is 25.7 Å². The second-order valence-electron chi connectivity index (χ2n) is 4.98. The average Bonchev–Trinajstić information content (AvgIpc) is 3.11. The van der Waals surface area contributed by atoms with Crippen LogP contribution in [-0.4, -0.2) is 25.0 Å². The van der Waals surface area contributed by atoms with Crippen molar-refractivity contribution < 1.29 is 9.45 Å². The van der Waals surface area contributed by atoms with Gasteiger partial charge in [-0.1, -0.05) is 46.5 Å². The Hall–Kier alpha value is -0.505. The van der Waals surface area contributed by atoms with Crippen molar-refractivity contribution in [3.05, 3.63) is 0 Å². The lowest BCUT2D eigenvalue weighted by Gasteiger charge is -2.09. The summed E-state index contributed by atoms with van der Waals surface area (Å²) in [4.78, 5) is 11.7. The first-order chi connectivity index (χ1) is 8.22. The largest absolute Gasteiger partial charge is 0.535 e. The zero-order valence-electron chi connectivity index (χ0n) is 11.5. The molecule has 2 unspecified atom stereocenters. The van der Waals surface area contributed by atoms with Crippen molar-refractivity contribution in [1.29, 1.82) is 0 Å². The van der Waals surface area contributed by atoms with Gasteiger partial charge in [0, 0.05) is 6.04 Å². The first kappa shape index (κ1) is 14.6. The lowest BCUT2D eigenvalue weighted by atomic mass is 9.62. The Bertz CT molecular complexity index is 231. The maximum Gasteiger partial charge on any atom is 0.361 e. The molecule has 1 heterocycles. The number of carbonyl (C=O) groups is 1. The lowest BCUT2D eigenvalue weighted by molar-refractivity contribution is -0.134. The molecule has 0 radical (unpaired) electrons. The monoisotopic (exact) mass is 239 g/mol. The Labute approximate surface area is 106 Å². The van der Waals surface area contributed by atoms with Crippen LogP contribution in [0.5, 0.6) is 0 Å². The fourth-order valence-corrected chi connectivity index (χ4v) is 2.14. The molecule has 1 fully saturated rings. The number of unbranched alkanes of at least 4 members (excludes halogenated alkanes) is 3. The minimum Gasteiger partial charge on any atom is -0.535 e. The van der Waals surface area contributed by atoms with E-state index >= 15 is 0 Å². The third-order valence-corrected chi connectivity index (χ3v) is 3.50. The molecule has 0 aromatic carbocycles. The first-order valence-corrected chi connectivity index (χ1v) is 7.19. The Morgan fingerprint density at radius 3 is 2.47 bits per heavy atom. The van der Waals surface area contributed by atoms with Gasteiger partial charge in [0.15, 0.2) is 0 Å². The smallest absolute Gasteiger partial charge is 0.361 e. The standard InChI is InChI=1S/C13H26BNO2/c1-4-7-8-9-10-11-12(15-11)13(16)17-14(5-2)6-3/h11-12,15H,4-10H2,1-3H3. The second kappa shape index (κ2) is 7.75. The first-order valence-electron chi connectivity index (χ1n) is 7.19. The molecule has 0 amide bonds. The van der Waals surface area contributed by atoms with Gasteiger partial charge in [-0.25, -0.2) is 0 Å². The van der Waals surface area contributed by atoms with Crippen LogP contribution < -0.4 is 5.32 Å². The van der Waals surface area contributed by atoms with Gasteiger partial charge in [0.1, 0.15) is 6.04 Å². The predicted octanol–water partition coefficient (Wildman–Crippen LogP) is 2.87. The van der Waals surface area contributed by atoms with Crippen molar-refractivity contribution in [3.8, 4) is 0 Å². The number of hydrogen-bond acceptors (Lipinski definition) is 3. The molecule has 0 spiro atoms. The molecule has 1 N–H and O–H groups in total. The normalized spacial score (nSPS) is 22.3. The zero-order valence-corrected chi connectivity index (χ0v) is 11.5. The quantitative estimate of drug-likeness (QED) is 0.382. The number of hydrogen-bond donors (Lipinski definition) is 1. The van der Waals surface area contributed by atoms with Gasteiger partial charge in [0.05, 0.1) is 0 Å². The summed E-state index contributed by atoms with van der Waals surface area (Å²) < 4.78 is 5.43. The van der Waals surface area contributed by atoms with Crippen LogP contribution in [0.25, 0.3) is 0 Å². The maximum atomic E-state index is 11.7. The third kappa shape index (κ3) is 5.11. The molecule has 0 bridgehead atoms. The summed E-state index contributed by atoms with van der Waals surface area (Å²) in [6.07, 6.45) is 8.01. The van der Waals surface area contributed by atoms with Crippen LogP contribution in [0, 0.1) is 0 Å². The molecule has 0 aromatic rings. The van der Waals surface area contributed by atoms with Crippen molar-refractivity contribution in [2.24, 2.45) is 0 Å². The molecular weight excluding hydrogens is 213 g/mol. The SMILES string of the molecule is CCCCCCC1NC1C(=O)OB(CC)CC. The van der Waals surface area contributed by atoms with Crippen LogP contribution in [0.4, 0.5) is 0 Å². The number of rotatable bonds is 9. The molecular formula is C13H26BNO2.